The molecule has 1 N–H and O–H groups in total. The Balaban J connectivity index is 1.70. The number of thioether (sulfide) groups is 1. The molecule has 0 saturated heterocycles. The van der Waals surface area contributed by atoms with Crippen LogP contribution < -0.4 is 10.1 Å². The first-order valence-electron chi connectivity index (χ1n) is 7.32. The highest BCUT2D eigenvalue weighted by Gasteiger charge is 2.06. The van der Waals surface area contributed by atoms with E-state index in [9.17, 15) is 18.0 Å². The Morgan fingerprint density at radius 2 is 1.92 bits per heavy atom. The van der Waals surface area contributed by atoms with Crippen LogP contribution in [0.4, 0.5) is 13.2 Å². The van der Waals surface area contributed by atoms with Gasteiger partial charge in [0.05, 0.1) is 10.8 Å². The number of amides is 1. The Bertz CT molecular complexity index is 714. The zero-order chi connectivity index (χ0) is 18.2. The molecule has 0 spiro atoms. The first kappa shape index (κ1) is 19.5. The van der Waals surface area contributed by atoms with Crippen LogP contribution in [0.1, 0.15) is 5.56 Å². The van der Waals surface area contributed by atoms with Crippen LogP contribution in [-0.4, -0.2) is 24.8 Å². The van der Waals surface area contributed by atoms with Crippen LogP contribution in [0.25, 0.3) is 0 Å². The highest BCUT2D eigenvalue weighted by molar-refractivity contribution is 8.00. The summed E-state index contributed by atoms with van der Waals surface area (Å²) in [5.74, 6) is -0.385. The second-order valence-electron chi connectivity index (χ2n) is 4.99. The molecule has 134 valence electrons. The van der Waals surface area contributed by atoms with Gasteiger partial charge in [0.25, 0.3) is 0 Å². The van der Waals surface area contributed by atoms with Gasteiger partial charge in [-0.1, -0.05) is 23.7 Å². The Morgan fingerprint density at radius 3 is 2.56 bits per heavy atom. The predicted octanol–water partition coefficient (Wildman–Crippen LogP) is 4.53. The van der Waals surface area contributed by atoms with E-state index in [0.717, 1.165) is 5.56 Å². The van der Waals surface area contributed by atoms with Gasteiger partial charge in [-0.05, 0) is 42.3 Å². The fourth-order valence-corrected chi connectivity index (χ4v) is 2.96. The summed E-state index contributed by atoms with van der Waals surface area (Å²) in [6.45, 7) is -2.43. The van der Waals surface area contributed by atoms with E-state index < -0.39 is 12.4 Å². The van der Waals surface area contributed by atoms with Gasteiger partial charge < -0.3 is 10.1 Å². The van der Waals surface area contributed by atoms with Gasteiger partial charge >= 0.3 is 6.61 Å². The lowest BCUT2D eigenvalue weighted by Gasteiger charge is -2.07. The zero-order valence-electron chi connectivity index (χ0n) is 13.0. The molecule has 2 aromatic carbocycles. The fraction of sp³-hybridized carbons (Fsp3) is 0.235. The van der Waals surface area contributed by atoms with Crippen molar-refractivity contribution in [2.45, 2.75) is 17.9 Å². The average Bonchev–Trinajstić information content (AvgIpc) is 2.57. The number of benzene rings is 2. The lowest BCUT2D eigenvalue weighted by atomic mass is 10.1. The summed E-state index contributed by atoms with van der Waals surface area (Å²) in [6.07, 6.45) is 0.563. The summed E-state index contributed by atoms with van der Waals surface area (Å²) >= 11 is 6.93. The predicted molar refractivity (Wildman–Crippen MR) is 91.9 cm³/mol. The number of rotatable bonds is 8. The average molecular weight is 390 g/mol. The summed E-state index contributed by atoms with van der Waals surface area (Å²) in [6, 6.07) is 10.5. The van der Waals surface area contributed by atoms with E-state index in [-0.39, 0.29) is 22.4 Å². The summed E-state index contributed by atoms with van der Waals surface area (Å²) in [7, 11) is 0. The number of hydrogen-bond donors (Lipinski definition) is 1. The van der Waals surface area contributed by atoms with E-state index >= 15 is 0 Å². The molecule has 2 rings (SSSR count). The Hall–Kier alpha value is -1.86. The fourth-order valence-electron chi connectivity index (χ4n) is 1.95. The van der Waals surface area contributed by atoms with E-state index in [2.05, 4.69) is 10.1 Å². The minimum atomic E-state index is -2.85. The number of hydrogen-bond acceptors (Lipinski definition) is 3. The highest BCUT2D eigenvalue weighted by atomic mass is 35.5. The van der Waals surface area contributed by atoms with Crippen molar-refractivity contribution < 1.29 is 22.7 Å². The summed E-state index contributed by atoms with van der Waals surface area (Å²) in [4.78, 5) is 12.5. The molecule has 0 aromatic heterocycles. The quantitative estimate of drug-likeness (QED) is 0.674. The molecule has 1 amide bonds. The van der Waals surface area contributed by atoms with Crippen molar-refractivity contribution in [2.24, 2.45) is 0 Å². The van der Waals surface area contributed by atoms with Crippen molar-refractivity contribution in [1.29, 1.82) is 0 Å². The van der Waals surface area contributed by atoms with Gasteiger partial charge in [-0.25, -0.2) is 4.39 Å². The minimum absolute atomic E-state index is 0.0182. The molecule has 2 aromatic rings. The van der Waals surface area contributed by atoms with Gasteiger partial charge in [-0.3, -0.25) is 4.79 Å². The molecule has 0 bridgehead atoms. The Morgan fingerprint density at radius 1 is 1.20 bits per heavy atom. The Kier molecular flexibility index (Phi) is 7.46. The maximum absolute atomic E-state index is 13.0. The number of halogens is 4. The standard InChI is InChI=1S/C17H15ClF3NO2S/c18-14-9-13(5-6-15(14)19)25-10-16(23)22-8-7-11-1-3-12(4-2-11)24-17(20)21/h1-6,9,17H,7-8,10H2,(H,22,23). The van der Waals surface area contributed by atoms with Crippen LogP contribution in [0.2, 0.25) is 5.02 Å². The van der Waals surface area contributed by atoms with Gasteiger partial charge in [0, 0.05) is 11.4 Å². The summed E-state index contributed by atoms with van der Waals surface area (Å²) in [5, 5.41) is 2.77. The van der Waals surface area contributed by atoms with Gasteiger partial charge in [0.2, 0.25) is 5.91 Å². The lowest BCUT2D eigenvalue weighted by Crippen LogP contribution is -2.27. The molecule has 0 aliphatic rings. The third-order valence-electron chi connectivity index (χ3n) is 3.15. The number of ether oxygens (including phenoxy) is 1. The molecule has 0 heterocycles. The van der Waals surface area contributed by atoms with Crippen molar-refractivity contribution in [1.82, 2.24) is 5.32 Å². The summed E-state index contributed by atoms with van der Waals surface area (Å²) < 4.78 is 41.4. The zero-order valence-corrected chi connectivity index (χ0v) is 14.5. The second kappa shape index (κ2) is 9.58. The normalized spacial score (nSPS) is 10.8. The van der Waals surface area contributed by atoms with E-state index in [4.69, 9.17) is 11.6 Å². The monoisotopic (exact) mass is 389 g/mol. The number of carbonyl (C=O) groups excluding carboxylic acids is 1. The van der Waals surface area contributed by atoms with Crippen molar-refractivity contribution in [3.8, 4) is 5.75 Å². The van der Waals surface area contributed by atoms with Crippen LogP contribution in [0.5, 0.6) is 5.75 Å². The van der Waals surface area contributed by atoms with E-state index in [1.807, 2.05) is 0 Å². The van der Waals surface area contributed by atoms with Crippen molar-refractivity contribution in [2.75, 3.05) is 12.3 Å². The first-order chi connectivity index (χ1) is 11.9. The third kappa shape index (κ3) is 6.88. The van der Waals surface area contributed by atoms with Gasteiger partial charge in [0.1, 0.15) is 11.6 Å². The molecule has 0 saturated carbocycles. The topological polar surface area (TPSA) is 38.3 Å². The molecule has 0 aliphatic heterocycles. The number of nitrogens with one attached hydrogen (secondary N) is 1. The first-order valence-corrected chi connectivity index (χ1v) is 8.68. The van der Waals surface area contributed by atoms with E-state index in [1.165, 1.54) is 36.0 Å². The van der Waals surface area contributed by atoms with Crippen molar-refractivity contribution in [3.63, 3.8) is 0 Å². The third-order valence-corrected chi connectivity index (χ3v) is 4.43. The second-order valence-corrected chi connectivity index (χ2v) is 6.44. The lowest BCUT2D eigenvalue weighted by molar-refractivity contribution is -0.118. The van der Waals surface area contributed by atoms with E-state index in [1.54, 1.807) is 18.2 Å². The number of alkyl halides is 2. The van der Waals surface area contributed by atoms with Crippen LogP contribution >= 0.6 is 23.4 Å². The maximum Gasteiger partial charge on any atom is 0.387 e. The molecule has 0 atom stereocenters. The van der Waals surface area contributed by atoms with Gasteiger partial charge in [-0.15, -0.1) is 11.8 Å². The van der Waals surface area contributed by atoms with E-state index in [0.29, 0.717) is 17.9 Å². The minimum Gasteiger partial charge on any atom is -0.435 e. The van der Waals surface area contributed by atoms with Crippen LogP contribution in [-0.2, 0) is 11.2 Å². The van der Waals surface area contributed by atoms with Crippen molar-refractivity contribution >= 4 is 29.3 Å². The van der Waals surface area contributed by atoms with Crippen molar-refractivity contribution in [3.05, 3.63) is 58.9 Å². The van der Waals surface area contributed by atoms with Gasteiger partial charge in [0.15, 0.2) is 0 Å². The summed E-state index contributed by atoms with van der Waals surface area (Å²) in [5.41, 5.74) is 0.889. The molecular weight excluding hydrogens is 375 g/mol. The smallest absolute Gasteiger partial charge is 0.387 e. The highest BCUT2D eigenvalue weighted by Crippen LogP contribution is 2.23. The molecule has 0 unspecified atom stereocenters. The molecule has 3 nitrogen and oxygen atoms in total. The molecule has 0 aliphatic carbocycles. The maximum atomic E-state index is 13.0. The molecular formula is C17H15ClF3NO2S. The van der Waals surface area contributed by atoms with Crippen LogP contribution in [0.15, 0.2) is 47.4 Å². The number of carbonyl (C=O) groups is 1. The molecule has 8 heteroatoms. The molecule has 25 heavy (non-hydrogen) atoms. The van der Waals surface area contributed by atoms with Gasteiger partial charge in [-0.2, -0.15) is 8.78 Å². The Labute approximate surface area is 152 Å². The molecule has 0 radical (unpaired) electrons. The van der Waals surface area contributed by atoms with Crippen LogP contribution in [0.3, 0.4) is 0 Å². The van der Waals surface area contributed by atoms with Crippen LogP contribution in [0, 0.1) is 5.82 Å². The largest absolute Gasteiger partial charge is 0.435 e. The molecule has 0 fully saturated rings. The SMILES string of the molecule is O=C(CSc1ccc(F)c(Cl)c1)NCCc1ccc(OC(F)F)cc1.